The van der Waals surface area contributed by atoms with Gasteiger partial charge in [0.2, 0.25) is 0 Å². The number of hydrogen-bond donors (Lipinski definition) is 2. The van der Waals surface area contributed by atoms with Gasteiger partial charge in [-0.15, -0.1) is 0 Å². The van der Waals surface area contributed by atoms with Crippen LogP contribution in [0.2, 0.25) is 0 Å². The van der Waals surface area contributed by atoms with Gasteiger partial charge in [0.05, 0.1) is 12.7 Å². The highest BCUT2D eigenvalue weighted by atomic mass is 79.9. The first-order valence-electron chi connectivity index (χ1n) is 6.02. The molecule has 18 heavy (non-hydrogen) atoms. The van der Waals surface area contributed by atoms with Gasteiger partial charge in [0.1, 0.15) is 5.82 Å². The van der Waals surface area contributed by atoms with Crippen LogP contribution in [0, 0.1) is 5.82 Å². The van der Waals surface area contributed by atoms with Gasteiger partial charge in [0, 0.05) is 29.7 Å². The summed E-state index contributed by atoms with van der Waals surface area (Å²) in [5, 5.41) is 18.6. The van der Waals surface area contributed by atoms with Crippen molar-refractivity contribution in [3.8, 4) is 0 Å². The molecule has 5 heteroatoms. The Bertz CT molecular complexity index is 376. The van der Waals surface area contributed by atoms with Crippen molar-refractivity contribution in [3.05, 3.63) is 34.1 Å². The maximum absolute atomic E-state index is 13.6. The fourth-order valence-corrected chi connectivity index (χ4v) is 2.12. The van der Waals surface area contributed by atoms with Crippen molar-refractivity contribution in [1.82, 2.24) is 4.90 Å². The molecule has 0 fully saturated rings. The molecule has 1 aromatic carbocycles. The standard InChI is InChI=1S/C13H19BrFNO2/c1-2-12(18)9-16(5-6-17)8-10-7-11(14)3-4-13(10)15/h3-4,7,12,17-18H,2,5-6,8-9H2,1H3/t12-/m0/s1. The molecular formula is C13H19BrFNO2. The molecule has 102 valence electrons. The van der Waals surface area contributed by atoms with E-state index in [4.69, 9.17) is 5.11 Å². The average Bonchev–Trinajstić information content (AvgIpc) is 2.34. The molecule has 0 bridgehead atoms. The minimum absolute atomic E-state index is 0.00788. The summed E-state index contributed by atoms with van der Waals surface area (Å²) in [6.07, 6.45) is 0.190. The first kappa shape index (κ1) is 15.6. The highest BCUT2D eigenvalue weighted by Crippen LogP contribution is 2.17. The number of rotatable bonds is 7. The van der Waals surface area contributed by atoms with Crippen LogP contribution in [-0.4, -0.2) is 40.9 Å². The number of halogens is 2. The smallest absolute Gasteiger partial charge is 0.127 e. The molecule has 0 heterocycles. The first-order chi connectivity index (χ1) is 8.56. The summed E-state index contributed by atoms with van der Waals surface area (Å²) in [6.45, 7) is 3.11. The van der Waals surface area contributed by atoms with E-state index in [1.165, 1.54) is 6.07 Å². The third kappa shape index (κ3) is 5.02. The van der Waals surface area contributed by atoms with Gasteiger partial charge in [-0.1, -0.05) is 22.9 Å². The lowest BCUT2D eigenvalue weighted by atomic mass is 10.2. The number of aliphatic hydroxyl groups is 2. The van der Waals surface area contributed by atoms with Gasteiger partial charge in [-0.25, -0.2) is 4.39 Å². The van der Waals surface area contributed by atoms with Crippen LogP contribution in [-0.2, 0) is 6.54 Å². The van der Waals surface area contributed by atoms with Gasteiger partial charge in [-0.3, -0.25) is 4.90 Å². The number of hydrogen-bond acceptors (Lipinski definition) is 3. The summed E-state index contributed by atoms with van der Waals surface area (Å²) < 4.78 is 14.4. The van der Waals surface area contributed by atoms with E-state index < -0.39 is 6.10 Å². The summed E-state index contributed by atoms with van der Waals surface area (Å²) in [6, 6.07) is 4.78. The molecule has 0 radical (unpaired) electrons. The Morgan fingerprint density at radius 3 is 2.78 bits per heavy atom. The molecule has 0 aromatic heterocycles. The SMILES string of the molecule is CC[C@H](O)CN(CCO)Cc1cc(Br)ccc1F. The Hall–Kier alpha value is -0.490. The fraction of sp³-hybridized carbons (Fsp3) is 0.538. The molecule has 0 amide bonds. The summed E-state index contributed by atoms with van der Waals surface area (Å²) in [5.41, 5.74) is 0.557. The van der Waals surface area contributed by atoms with E-state index in [1.54, 1.807) is 12.1 Å². The molecule has 2 N–H and O–H groups in total. The molecule has 0 saturated carbocycles. The molecule has 1 aromatic rings. The second kappa shape index (κ2) is 7.84. The number of nitrogens with zero attached hydrogens (tertiary/aromatic N) is 1. The third-order valence-corrected chi connectivity index (χ3v) is 3.25. The van der Waals surface area contributed by atoms with Crippen molar-refractivity contribution in [2.24, 2.45) is 0 Å². The molecule has 0 saturated heterocycles. The second-order valence-electron chi connectivity index (χ2n) is 4.26. The topological polar surface area (TPSA) is 43.7 Å². The second-order valence-corrected chi connectivity index (χ2v) is 5.17. The summed E-state index contributed by atoms with van der Waals surface area (Å²) in [4.78, 5) is 1.85. The zero-order valence-electron chi connectivity index (χ0n) is 10.4. The minimum atomic E-state index is -0.452. The van der Waals surface area contributed by atoms with Crippen LogP contribution >= 0.6 is 15.9 Å². The number of aliphatic hydroxyl groups excluding tert-OH is 2. The molecule has 0 aliphatic carbocycles. The van der Waals surface area contributed by atoms with Crippen molar-refractivity contribution in [2.45, 2.75) is 26.0 Å². The highest BCUT2D eigenvalue weighted by molar-refractivity contribution is 9.10. The summed E-state index contributed by atoms with van der Waals surface area (Å²) in [7, 11) is 0. The van der Waals surface area contributed by atoms with Crippen LogP contribution in [0.3, 0.4) is 0 Å². The lowest BCUT2D eigenvalue weighted by molar-refractivity contribution is 0.0924. The molecule has 1 atom stereocenters. The van der Waals surface area contributed by atoms with E-state index in [9.17, 15) is 9.50 Å². The maximum Gasteiger partial charge on any atom is 0.127 e. The quantitative estimate of drug-likeness (QED) is 0.809. The average molecular weight is 320 g/mol. The predicted molar refractivity (Wildman–Crippen MR) is 72.8 cm³/mol. The summed E-state index contributed by atoms with van der Waals surface area (Å²) in [5.74, 6) is -0.271. The van der Waals surface area contributed by atoms with E-state index >= 15 is 0 Å². The predicted octanol–water partition coefficient (Wildman–Crippen LogP) is 2.15. The molecule has 3 nitrogen and oxygen atoms in total. The van der Waals surface area contributed by atoms with Crippen LogP contribution in [0.25, 0.3) is 0 Å². The van der Waals surface area contributed by atoms with Crippen molar-refractivity contribution in [1.29, 1.82) is 0 Å². The normalized spacial score (nSPS) is 13.0. The van der Waals surface area contributed by atoms with Crippen molar-refractivity contribution in [2.75, 3.05) is 19.7 Å². The monoisotopic (exact) mass is 319 g/mol. The van der Waals surface area contributed by atoms with E-state index in [-0.39, 0.29) is 12.4 Å². The van der Waals surface area contributed by atoms with Gasteiger partial charge >= 0.3 is 0 Å². The Kier molecular flexibility index (Phi) is 6.78. The summed E-state index contributed by atoms with van der Waals surface area (Å²) >= 11 is 3.31. The third-order valence-electron chi connectivity index (χ3n) is 2.76. The Balaban J connectivity index is 2.72. The largest absolute Gasteiger partial charge is 0.395 e. The van der Waals surface area contributed by atoms with Crippen molar-refractivity contribution >= 4 is 15.9 Å². The molecule has 1 rings (SSSR count). The highest BCUT2D eigenvalue weighted by Gasteiger charge is 2.13. The molecule has 0 aliphatic rings. The zero-order valence-corrected chi connectivity index (χ0v) is 12.0. The van der Waals surface area contributed by atoms with Crippen LogP contribution in [0.1, 0.15) is 18.9 Å². The van der Waals surface area contributed by atoms with Gasteiger partial charge in [0.25, 0.3) is 0 Å². The van der Waals surface area contributed by atoms with Gasteiger partial charge in [-0.2, -0.15) is 0 Å². The van der Waals surface area contributed by atoms with Gasteiger partial charge in [0.15, 0.2) is 0 Å². The van der Waals surface area contributed by atoms with Crippen molar-refractivity contribution in [3.63, 3.8) is 0 Å². The van der Waals surface area contributed by atoms with E-state index in [0.29, 0.717) is 31.6 Å². The van der Waals surface area contributed by atoms with Crippen molar-refractivity contribution < 1.29 is 14.6 Å². The zero-order chi connectivity index (χ0) is 13.5. The van der Waals surface area contributed by atoms with Crippen LogP contribution in [0.5, 0.6) is 0 Å². The lowest BCUT2D eigenvalue weighted by Gasteiger charge is -2.24. The lowest BCUT2D eigenvalue weighted by Crippen LogP contribution is -2.34. The minimum Gasteiger partial charge on any atom is -0.395 e. The van der Waals surface area contributed by atoms with E-state index in [1.807, 2.05) is 11.8 Å². The number of benzene rings is 1. The molecule has 0 aliphatic heterocycles. The molecular weight excluding hydrogens is 301 g/mol. The maximum atomic E-state index is 13.6. The Morgan fingerprint density at radius 2 is 2.17 bits per heavy atom. The van der Waals surface area contributed by atoms with Crippen LogP contribution in [0.15, 0.2) is 22.7 Å². The van der Waals surface area contributed by atoms with E-state index in [2.05, 4.69) is 15.9 Å². The van der Waals surface area contributed by atoms with E-state index in [0.717, 1.165) is 4.47 Å². The molecule has 0 unspecified atom stereocenters. The molecule has 0 spiro atoms. The van der Waals surface area contributed by atoms with Crippen LogP contribution in [0.4, 0.5) is 4.39 Å². The fourth-order valence-electron chi connectivity index (χ4n) is 1.71. The van der Waals surface area contributed by atoms with Gasteiger partial charge < -0.3 is 10.2 Å². The van der Waals surface area contributed by atoms with Crippen LogP contribution < -0.4 is 0 Å². The van der Waals surface area contributed by atoms with Gasteiger partial charge in [-0.05, 0) is 24.6 Å². The Morgan fingerprint density at radius 1 is 1.44 bits per heavy atom. The Labute approximate surface area is 115 Å². The first-order valence-corrected chi connectivity index (χ1v) is 6.81.